The van der Waals surface area contributed by atoms with Crippen molar-refractivity contribution in [3.05, 3.63) is 46.8 Å². The molecular formula is C12H10FN. The molecule has 0 atom stereocenters. The van der Waals surface area contributed by atoms with Crippen LogP contribution in [0.25, 0.3) is 24.3 Å². The number of nitrogens with one attached hydrogen (secondary N) is 1. The summed E-state index contributed by atoms with van der Waals surface area (Å²) in [6.45, 7) is 7.54. The maximum atomic E-state index is 13.4. The molecule has 1 aromatic heterocycles. The molecule has 2 heteroatoms. The maximum absolute atomic E-state index is 13.4. The summed E-state index contributed by atoms with van der Waals surface area (Å²) in [6.07, 6.45) is 0. The van der Waals surface area contributed by atoms with Crippen molar-refractivity contribution >= 4 is 13.2 Å². The molecule has 0 saturated heterocycles. The van der Waals surface area contributed by atoms with Crippen molar-refractivity contribution in [3.63, 3.8) is 0 Å². The molecule has 0 aliphatic carbocycles. The molecule has 0 spiro atoms. The first-order valence-electron chi connectivity index (χ1n) is 4.30. The lowest BCUT2D eigenvalue weighted by atomic mass is 10.1. The molecule has 0 aliphatic rings. The summed E-state index contributed by atoms with van der Waals surface area (Å²) in [6, 6.07) is 8.42. The molecule has 0 aliphatic heterocycles. The predicted molar refractivity (Wildman–Crippen MR) is 56.5 cm³/mol. The van der Waals surface area contributed by atoms with Crippen LogP contribution in [0.2, 0.25) is 0 Å². The van der Waals surface area contributed by atoms with Crippen LogP contribution in [0.5, 0.6) is 0 Å². The van der Waals surface area contributed by atoms with Gasteiger partial charge in [-0.3, -0.25) is 0 Å². The number of aromatic amines is 1. The Morgan fingerprint density at radius 1 is 1.07 bits per heavy atom. The molecule has 70 valence electrons. The third-order valence-electron chi connectivity index (χ3n) is 2.12. The van der Waals surface area contributed by atoms with Gasteiger partial charge in [0, 0.05) is 21.8 Å². The van der Waals surface area contributed by atoms with E-state index in [1.165, 1.54) is 6.07 Å². The molecule has 1 aromatic carbocycles. The van der Waals surface area contributed by atoms with E-state index in [1.807, 2.05) is 0 Å². The number of benzene rings is 1. The largest absolute Gasteiger partial charge is 0.356 e. The van der Waals surface area contributed by atoms with Crippen molar-refractivity contribution in [3.8, 4) is 11.1 Å². The molecular weight excluding hydrogens is 177 g/mol. The van der Waals surface area contributed by atoms with Crippen LogP contribution < -0.4 is 10.7 Å². The summed E-state index contributed by atoms with van der Waals surface area (Å²) >= 11 is 0. The lowest BCUT2D eigenvalue weighted by Crippen LogP contribution is -2.06. The molecule has 0 saturated carbocycles. The van der Waals surface area contributed by atoms with Crippen molar-refractivity contribution < 1.29 is 4.39 Å². The zero-order valence-corrected chi connectivity index (χ0v) is 7.68. The van der Waals surface area contributed by atoms with Crippen LogP contribution in [-0.4, -0.2) is 4.98 Å². The smallest absolute Gasteiger partial charge is 0.131 e. The molecule has 0 fully saturated rings. The van der Waals surface area contributed by atoms with Crippen LogP contribution >= 0.6 is 0 Å². The van der Waals surface area contributed by atoms with Gasteiger partial charge >= 0.3 is 0 Å². The maximum Gasteiger partial charge on any atom is 0.131 e. The fourth-order valence-corrected chi connectivity index (χ4v) is 1.48. The van der Waals surface area contributed by atoms with Gasteiger partial charge in [0.25, 0.3) is 0 Å². The zero-order chi connectivity index (χ0) is 10.1. The van der Waals surface area contributed by atoms with Gasteiger partial charge in [0.1, 0.15) is 5.82 Å². The summed E-state index contributed by atoms with van der Waals surface area (Å²) in [5.74, 6) is -0.239. The molecule has 1 N–H and O–H groups in total. The Balaban J connectivity index is 2.72. The van der Waals surface area contributed by atoms with E-state index >= 15 is 0 Å². The minimum Gasteiger partial charge on any atom is -0.356 e. The molecule has 14 heavy (non-hydrogen) atoms. The molecule has 1 heterocycles. The number of H-pyrrole nitrogens is 1. The minimum absolute atomic E-state index is 0.239. The second-order valence-corrected chi connectivity index (χ2v) is 3.17. The molecule has 2 aromatic rings. The predicted octanol–water partition coefficient (Wildman–Crippen LogP) is 1.64. The highest BCUT2D eigenvalue weighted by atomic mass is 19.1. The van der Waals surface area contributed by atoms with Crippen LogP contribution in [0.4, 0.5) is 4.39 Å². The van der Waals surface area contributed by atoms with Crippen LogP contribution in [0.3, 0.4) is 0 Å². The number of hydrogen-bond acceptors (Lipinski definition) is 0. The Kier molecular flexibility index (Phi) is 1.97. The van der Waals surface area contributed by atoms with E-state index < -0.39 is 0 Å². The fourth-order valence-electron chi connectivity index (χ4n) is 1.48. The van der Waals surface area contributed by atoms with E-state index in [4.69, 9.17) is 0 Å². The number of rotatable bonds is 1. The van der Waals surface area contributed by atoms with Gasteiger partial charge in [0.15, 0.2) is 0 Å². The quantitative estimate of drug-likeness (QED) is 0.698. The van der Waals surface area contributed by atoms with E-state index in [0.717, 1.165) is 10.9 Å². The highest BCUT2D eigenvalue weighted by molar-refractivity contribution is 5.64. The van der Waals surface area contributed by atoms with Crippen molar-refractivity contribution in [2.45, 2.75) is 0 Å². The second kappa shape index (κ2) is 3.14. The van der Waals surface area contributed by atoms with E-state index in [2.05, 4.69) is 18.1 Å². The Morgan fingerprint density at radius 2 is 1.79 bits per heavy atom. The zero-order valence-electron chi connectivity index (χ0n) is 7.68. The third-order valence-corrected chi connectivity index (χ3v) is 2.12. The summed E-state index contributed by atoms with van der Waals surface area (Å²) in [4.78, 5) is 2.94. The van der Waals surface area contributed by atoms with E-state index in [-0.39, 0.29) is 5.82 Å². The van der Waals surface area contributed by atoms with Gasteiger partial charge in [-0.05, 0) is 12.1 Å². The topological polar surface area (TPSA) is 15.8 Å². The monoisotopic (exact) mass is 187 g/mol. The lowest BCUT2D eigenvalue weighted by Gasteiger charge is -1.98. The SMILES string of the molecule is C=c1cc(-c2ccccc2F)c(=C)[nH]1. The second-order valence-electron chi connectivity index (χ2n) is 3.17. The standard InChI is InChI=1S/C12H10FN/c1-8-7-11(9(2)14-8)10-5-3-4-6-12(10)13/h3-7,14H,1-2H2. The van der Waals surface area contributed by atoms with Crippen LogP contribution in [0.15, 0.2) is 30.3 Å². The van der Waals surface area contributed by atoms with Gasteiger partial charge in [-0.25, -0.2) is 4.39 Å². The first kappa shape index (κ1) is 8.75. The van der Waals surface area contributed by atoms with Gasteiger partial charge in [0.05, 0.1) is 0 Å². The molecule has 0 amide bonds. The number of halogens is 1. The van der Waals surface area contributed by atoms with Gasteiger partial charge < -0.3 is 4.98 Å². The fraction of sp³-hybridized carbons (Fsp3) is 0. The van der Waals surface area contributed by atoms with Crippen molar-refractivity contribution in [1.29, 1.82) is 0 Å². The highest BCUT2D eigenvalue weighted by Gasteiger charge is 2.05. The Labute approximate surface area is 81.2 Å². The average molecular weight is 187 g/mol. The van der Waals surface area contributed by atoms with Crippen LogP contribution in [0.1, 0.15) is 0 Å². The Bertz CT molecular complexity index is 554. The minimum atomic E-state index is -0.239. The first-order valence-corrected chi connectivity index (χ1v) is 4.30. The van der Waals surface area contributed by atoms with Gasteiger partial charge in [-0.2, -0.15) is 0 Å². The number of hydrogen-bond donors (Lipinski definition) is 1. The van der Waals surface area contributed by atoms with E-state index in [0.29, 0.717) is 10.9 Å². The third kappa shape index (κ3) is 1.35. The summed E-state index contributed by atoms with van der Waals surface area (Å²) < 4.78 is 13.4. The lowest BCUT2D eigenvalue weighted by molar-refractivity contribution is 0.631. The molecule has 2 rings (SSSR count). The van der Waals surface area contributed by atoms with Crippen molar-refractivity contribution in [2.24, 2.45) is 0 Å². The normalized spacial score (nSPS) is 10.4. The van der Waals surface area contributed by atoms with E-state index in [1.54, 1.807) is 24.3 Å². The van der Waals surface area contributed by atoms with Crippen molar-refractivity contribution in [2.75, 3.05) is 0 Å². The highest BCUT2D eigenvalue weighted by Crippen LogP contribution is 2.17. The van der Waals surface area contributed by atoms with Gasteiger partial charge in [0.2, 0.25) is 0 Å². The first-order chi connectivity index (χ1) is 6.68. The van der Waals surface area contributed by atoms with Crippen LogP contribution in [-0.2, 0) is 0 Å². The van der Waals surface area contributed by atoms with Crippen molar-refractivity contribution in [1.82, 2.24) is 4.98 Å². The van der Waals surface area contributed by atoms with Gasteiger partial charge in [-0.1, -0.05) is 31.4 Å². The Morgan fingerprint density at radius 3 is 2.36 bits per heavy atom. The Hall–Kier alpha value is -1.83. The summed E-state index contributed by atoms with van der Waals surface area (Å²) in [5, 5.41) is 1.44. The average Bonchev–Trinajstić information content (AvgIpc) is 2.46. The summed E-state index contributed by atoms with van der Waals surface area (Å²) in [7, 11) is 0. The van der Waals surface area contributed by atoms with Gasteiger partial charge in [-0.15, -0.1) is 0 Å². The van der Waals surface area contributed by atoms with Crippen LogP contribution in [0, 0.1) is 5.82 Å². The van der Waals surface area contributed by atoms with E-state index in [9.17, 15) is 4.39 Å². The number of aromatic nitrogens is 1. The molecule has 1 nitrogen and oxygen atoms in total. The molecule has 0 unspecified atom stereocenters. The molecule has 0 bridgehead atoms. The summed E-state index contributed by atoms with van der Waals surface area (Å²) in [5.41, 5.74) is 1.33. The molecule has 0 radical (unpaired) electrons.